The van der Waals surface area contributed by atoms with Crippen LogP contribution in [0.1, 0.15) is 23.2 Å². The maximum Gasteiger partial charge on any atom is 0.252 e. The summed E-state index contributed by atoms with van der Waals surface area (Å²) in [6.45, 7) is 1.03. The van der Waals surface area contributed by atoms with E-state index in [0.717, 1.165) is 34.1 Å². The highest BCUT2D eigenvalue weighted by molar-refractivity contribution is 7.99. The Kier molecular flexibility index (Phi) is 4.68. The van der Waals surface area contributed by atoms with Gasteiger partial charge < -0.3 is 15.4 Å². The number of methoxy groups -OCH3 is 1. The quantitative estimate of drug-likeness (QED) is 0.865. The predicted octanol–water partition coefficient (Wildman–Crippen LogP) is 3.33. The maximum absolute atomic E-state index is 12.8. The van der Waals surface area contributed by atoms with Crippen molar-refractivity contribution in [2.75, 3.05) is 13.7 Å². The number of benzene rings is 2. The summed E-state index contributed by atoms with van der Waals surface area (Å²) in [6.07, 6.45) is 2.23. The molecule has 1 saturated heterocycles. The molecule has 1 saturated carbocycles. The second-order valence-corrected chi connectivity index (χ2v) is 7.81. The highest BCUT2D eigenvalue weighted by atomic mass is 32.2. The van der Waals surface area contributed by atoms with Gasteiger partial charge in [-0.25, -0.2) is 0 Å². The van der Waals surface area contributed by atoms with Gasteiger partial charge in [0.2, 0.25) is 0 Å². The molecule has 0 radical (unpaired) electrons. The molecule has 2 N–H and O–H groups in total. The van der Waals surface area contributed by atoms with Crippen LogP contribution >= 0.6 is 11.8 Å². The Hall–Kier alpha value is -1.98. The number of amides is 1. The number of rotatable bonds is 5. The molecule has 2 bridgehead atoms. The zero-order valence-electron chi connectivity index (χ0n) is 14.2. The van der Waals surface area contributed by atoms with Gasteiger partial charge in [0.1, 0.15) is 5.75 Å². The van der Waals surface area contributed by atoms with Gasteiger partial charge in [-0.3, -0.25) is 4.79 Å². The Morgan fingerprint density at radius 2 is 1.96 bits per heavy atom. The largest absolute Gasteiger partial charge is 0.497 e. The molecule has 4 rings (SSSR count). The molecule has 1 aliphatic carbocycles. The van der Waals surface area contributed by atoms with Crippen LogP contribution < -0.4 is 15.4 Å². The van der Waals surface area contributed by atoms with E-state index in [1.54, 1.807) is 18.9 Å². The first-order valence-electron chi connectivity index (χ1n) is 8.68. The Morgan fingerprint density at radius 1 is 1.16 bits per heavy atom. The Morgan fingerprint density at radius 3 is 2.64 bits per heavy atom. The minimum atomic E-state index is 0.0363. The topological polar surface area (TPSA) is 50.4 Å². The van der Waals surface area contributed by atoms with Crippen molar-refractivity contribution in [3.63, 3.8) is 0 Å². The predicted molar refractivity (Wildman–Crippen MR) is 99.3 cm³/mol. The molecule has 2 aromatic carbocycles. The number of carbonyl (C=O) groups excluding carboxylic acids is 1. The van der Waals surface area contributed by atoms with Gasteiger partial charge in [0, 0.05) is 28.4 Å². The Balaban J connectivity index is 1.48. The van der Waals surface area contributed by atoms with E-state index in [4.69, 9.17) is 4.74 Å². The van der Waals surface area contributed by atoms with Crippen molar-refractivity contribution < 1.29 is 9.53 Å². The molecule has 2 fully saturated rings. The van der Waals surface area contributed by atoms with Crippen LogP contribution in [-0.4, -0.2) is 31.6 Å². The van der Waals surface area contributed by atoms with Gasteiger partial charge >= 0.3 is 0 Å². The van der Waals surface area contributed by atoms with Crippen LogP contribution in [0, 0.1) is 5.92 Å². The van der Waals surface area contributed by atoms with Crippen LogP contribution in [0.4, 0.5) is 0 Å². The normalized spacial score (nSPS) is 24.3. The molecule has 4 nitrogen and oxygen atoms in total. The van der Waals surface area contributed by atoms with E-state index in [9.17, 15) is 4.79 Å². The van der Waals surface area contributed by atoms with E-state index >= 15 is 0 Å². The zero-order valence-corrected chi connectivity index (χ0v) is 15.0. The number of piperidine rings is 1. The first-order chi connectivity index (χ1) is 12.2. The van der Waals surface area contributed by atoms with Crippen molar-refractivity contribution in [3.05, 3.63) is 54.1 Å². The average Bonchev–Trinajstić information content (AvgIpc) is 3.26. The molecule has 1 aliphatic heterocycles. The highest BCUT2D eigenvalue weighted by Crippen LogP contribution is 2.33. The number of hydrogen-bond donors (Lipinski definition) is 2. The summed E-state index contributed by atoms with van der Waals surface area (Å²) in [5, 5.41) is 6.75. The third-order valence-corrected chi connectivity index (χ3v) is 6.18. The molecule has 0 aromatic heterocycles. The molecule has 5 heteroatoms. The lowest BCUT2D eigenvalue weighted by Gasteiger charge is -2.24. The molecule has 25 heavy (non-hydrogen) atoms. The van der Waals surface area contributed by atoms with E-state index in [2.05, 4.69) is 10.6 Å². The summed E-state index contributed by atoms with van der Waals surface area (Å²) in [5.41, 5.74) is 0.749. The Bertz CT molecular complexity index is 763. The second kappa shape index (κ2) is 7.10. The van der Waals surface area contributed by atoms with E-state index in [1.807, 2.05) is 48.5 Å². The van der Waals surface area contributed by atoms with E-state index in [0.29, 0.717) is 18.0 Å². The van der Waals surface area contributed by atoms with Gasteiger partial charge in [0.05, 0.1) is 12.7 Å². The summed E-state index contributed by atoms with van der Waals surface area (Å²) >= 11 is 1.61. The molecule has 2 aliphatic rings. The zero-order chi connectivity index (χ0) is 17.2. The average molecular weight is 354 g/mol. The van der Waals surface area contributed by atoms with Crippen LogP contribution in [0.15, 0.2) is 58.3 Å². The van der Waals surface area contributed by atoms with E-state index in [-0.39, 0.29) is 5.91 Å². The molecule has 3 unspecified atom stereocenters. The number of carbonyl (C=O) groups is 1. The number of ether oxygens (including phenoxy) is 1. The third kappa shape index (κ3) is 3.53. The van der Waals surface area contributed by atoms with Gasteiger partial charge in [-0.2, -0.15) is 0 Å². The summed E-state index contributed by atoms with van der Waals surface area (Å²) in [7, 11) is 1.66. The van der Waals surface area contributed by atoms with Gasteiger partial charge in [-0.1, -0.05) is 23.9 Å². The molecular formula is C20H22N2O2S. The lowest BCUT2D eigenvalue weighted by atomic mass is 10.0. The van der Waals surface area contributed by atoms with Crippen molar-refractivity contribution >= 4 is 17.7 Å². The number of nitrogens with one attached hydrogen (secondary N) is 2. The second-order valence-electron chi connectivity index (χ2n) is 6.69. The maximum atomic E-state index is 12.8. The summed E-state index contributed by atoms with van der Waals surface area (Å²) < 4.78 is 5.20. The van der Waals surface area contributed by atoms with Gasteiger partial charge in [0.15, 0.2) is 0 Å². The summed E-state index contributed by atoms with van der Waals surface area (Å²) in [6, 6.07) is 16.6. The number of hydrogen-bond acceptors (Lipinski definition) is 4. The molecule has 1 amide bonds. The van der Waals surface area contributed by atoms with Crippen molar-refractivity contribution in [3.8, 4) is 5.75 Å². The van der Waals surface area contributed by atoms with E-state index in [1.165, 1.54) is 6.42 Å². The minimum absolute atomic E-state index is 0.0363. The Labute approximate surface area is 152 Å². The summed E-state index contributed by atoms with van der Waals surface area (Å²) in [4.78, 5) is 14.9. The van der Waals surface area contributed by atoms with Crippen molar-refractivity contribution in [1.82, 2.24) is 10.6 Å². The first kappa shape index (κ1) is 16.5. The van der Waals surface area contributed by atoms with Gasteiger partial charge in [0.25, 0.3) is 5.91 Å². The van der Waals surface area contributed by atoms with Crippen molar-refractivity contribution in [1.29, 1.82) is 0 Å². The lowest BCUT2D eigenvalue weighted by Crippen LogP contribution is -2.44. The molecule has 3 atom stereocenters. The minimum Gasteiger partial charge on any atom is -0.497 e. The fourth-order valence-electron chi connectivity index (χ4n) is 3.77. The van der Waals surface area contributed by atoms with Crippen LogP contribution in [0.3, 0.4) is 0 Å². The van der Waals surface area contributed by atoms with Crippen molar-refractivity contribution in [2.24, 2.45) is 5.92 Å². The van der Waals surface area contributed by atoms with Crippen molar-refractivity contribution in [2.45, 2.75) is 34.7 Å². The lowest BCUT2D eigenvalue weighted by molar-refractivity contribution is 0.0922. The SMILES string of the molecule is COc1ccc(Sc2ccccc2C(=O)NC2CC3CC2CN3)cc1. The first-order valence-corrected chi connectivity index (χ1v) is 9.50. The van der Waals surface area contributed by atoms with Crippen LogP contribution in [0.25, 0.3) is 0 Å². The standard InChI is InChI=1S/C20H22N2O2S/c1-24-15-6-8-16(9-7-15)25-19-5-3-2-4-17(19)20(23)22-18-11-14-10-13(18)12-21-14/h2-9,13-14,18,21H,10-12H2,1H3,(H,22,23). The third-order valence-electron chi connectivity index (χ3n) is 5.10. The smallest absolute Gasteiger partial charge is 0.252 e. The molecule has 1 heterocycles. The molecule has 0 spiro atoms. The van der Waals surface area contributed by atoms with Crippen LogP contribution in [0.5, 0.6) is 5.75 Å². The van der Waals surface area contributed by atoms with Crippen LogP contribution in [-0.2, 0) is 0 Å². The monoisotopic (exact) mass is 354 g/mol. The molecule has 2 aromatic rings. The van der Waals surface area contributed by atoms with Gasteiger partial charge in [-0.15, -0.1) is 0 Å². The van der Waals surface area contributed by atoms with Crippen LogP contribution in [0.2, 0.25) is 0 Å². The summed E-state index contributed by atoms with van der Waals surface area (Å²) in [5.74, 6) is 1.45. The fourth-order valence-corrected chi connectivity index (χ4v) is 4.72. The fraction of sp³-hybridized carbons (Fsp3) is 0.350. The molecular weight excluding hydrogens is 332 g/mol. The highest BCUT2D eigenvalue weighted by Gasteiger charge is 2.40. The van der Waals surface area contributed by atoms with E-state index < -0.39 is 0 Å². The van der Waals surface area contributed by atoms with Gasteiger partial charge in [-0.05, 0) is 55.2 Å². The molecule has 130 valence electrons. The number of fused-ring (bicyclic) bond motifs is 2.